The van der Waals surface area contributed by atoms with E-state index in [9.17, 15) is 0 Å². The highest BCUT2D eigenvalue weighted by molar-refractivity contribution is 6.76. The van der Waals surface area contributed by atoms with Crippen molar-refractivity contribution in [2.45, 2.75) is 32.3 Å². The first-order valence-corrected chi connectivity index (χ1v) is 8.34. The Morgan fingerprint density at radius 3 is 2.77 bits per heavy atom. The summed E-state index contributed by atoms with van der Waals surface area (Å²) in [6.45, 7) is 8.62. The molecule has 1 heterocycles. The van der Waals surface area contributed by atoms with Gasteiger partial charge in [-0.25, -0.2) is 0 Å². The zero-order valence-corrected chi connectivity index (χ0v) is 9.63. The van der Waals surface area contributed by atoms with Gasteiger partial charge in [-0.3, -0.25) is 5.10 Å². The second-order valence-corrected chi connectivity index (χ2v) is 10.1. The molecule has 0 atom stereocenters. The first kappa shape index (κ1) is 10.5. The van der Waals surface area contributed by atoms with Crippen LogP contribution in [0.5, 0.6) is 0 Å². The molecule has 0 radical (unpaired) electrons. The highest BCUT2D eigenvalue weighted by Gasteiger charge is 2.11. The van der Waals surface area contributed by atoms with Crippen LogP contribution in [0.3, 0.4) is 0 Å². The molecule has 0 aliphatic rings. The van der Waals surface area contributed by atoms with Gasteiger partial charge in [-0.1, -0.05) is 19.6 Å². The summed E-state index contributed by atoms with van der Waals surface area (Å²) in [6, 6.07) is 1.23. The molecule has 74 valence electrons. The van der Waals surface area contributed by atoms with Gasteiger partial charge in [0.15, 0.2) is 0 Å². The van der Waals surface area contributed by atoms with Crippen molar-refractivity contribution < 1.29 is 4.74 Å². The van der Waals surface area contributed by atoms with Crippen molar-refractivity contribution in [3.05, 3.63) is 18.0 Å². The molecule has 1 aromatic rings. The van der Waals surface area contributed by atoms with Gasteiger partial charge in [-0.05, 0) is 6.04 Å². The predicted octanol–water partition coefficient (Wildman–Crippen LogP) is 2.26. The van der Waals surface area contributed by atoms with Crippen molar-refractivity contribution in [3.63, 3.8) is 0 Å². The van der Waals surface area contributed by atoms with Crippen LogP contribution in [0.2, 0.25) is 25.7 Å². The topological polar surface area (TPSA) is 37.9 Å². The van der Waals surface area contributed by atoms with E-state index in [1.807, 2.05) is 6.20 Å². The number of hydrogen-bond donors (Lipinski definition) is 1. The van der Waals surface area contributed by atoms with Crippen LogP contribution in [0.25, 0.3) is 0 Å². The summed E-state index contributed by atoms with van der Waals surface area (Å²) in [4.78, 5) is 0. The zero-order valence-electron chi connectivity index (χ0n) is 8.63. The molecular formula is C9H18N2OSi. The number of hydrogen-bond acceptors (Lipinski definition) is 2. The molecule has 0 amide bonds. The molecule has 0 unspecified atom stereocenters. The fourth-order valence-electron chi connectivity index (χ4n) is 0.925. The van der Waals surface area contributed by atoms with Crippen LogP contribution in [0.4, 0.5) is 0 Å². The smallest absolute Gasteiger partial charge is 0.0747 e. The van der Waals surface area contributed by atoms with Gasteiger partial charge < -0.3 is 4.74 Å². The van der Waals surface area contributed by atoms with Gasteiger partial charge in [0, 0.05) is 26.4 Å². The molecule has 0 fully saturated rings. The zero-order chi connectivity index (χ0) is 9.73. The molecule has 0 aromatic carbocycles. The van der Waals surface area contributed by atoms with Crippen molar-refractivity contribution in [1.29, 1.82) is 0 Å². The molecule has 0 aliphatic carbocycles. The van der Waals surface area contributed by atoms with Crippen molar-refractivity contribution in [2.24, 2.45) is 0 Å². The number of aromatic nitrogens is 2. The second-order valence-electron chi connectivity index (χ2n) is 4.47. The largest absolute Gasteiger partial charge is 0.377 e. The van der Waals surface area contributed by atoms with Gasteiger partial charge in [-0.2, -0.15) is 5.10 Å². The molecule has 0 bridgehead atoms. The minimum absolute atomic E-state index is 0.682. The number of nitrogens with zero attached hydrogens (tertiary/aromatic N) is 1. The minimum Gasteiger partial charge on any atom is -0.377 e. The third-order valence-corrected chi connectivity index (χ3v) is 3.52. The Balaban J connectivity index is 2.09. The molecule has 4 heteroatoms. The van der Waals surface area contributed by atoms with E-state index in [0.717, 1.165) is 12.2 Å². The molecule has 1 aromatic heterocycles. The fraction of sp³-hybridized carbons (Fsp3) is 0.667. The van der Waals surface area contributed by atoms with Crippen LogP contribution in [-0.2, 0) is 11.3 Å². The van der Waals surface area contributed by atoms with Crippen molar-refractivity contribution in [2.75, 3.05) is 6.61 Å². The lowest BCUT2D eigenvalue weighted by molar-refractivity contribution is 0.133. The third-order valence-electron chi connectivity index (χ3n) is 1.82. The lowest BCUT2D eigenvalue weighted by Crippen LogP contribution is -2.21. The maximum absolute atomic E-state index is 5.53. The average molecular weight is 198 g/mol. The van der Waals surface area contributed by atoms with Gasteiger partial charge in [0.25, 0.3) is 0 Å². The van der Waals surface area contributed by atoms with E-state index >= 15 is 0 Å². The van der Waals surface area contributed by atoms with E-state index in [2.05, 4.69) is 29.8 Å². The molecule has 0 spiro atoms. The summed E-state index contributed by atoms with van der Waals surface area (Å²) in [5.74, 6) is 0. The SMILES string of the molecule is C[Si](C)(C)CCOCc1cn[nH]c1. The Bertz CT molecular complexity index is 228. The maximum Gasteiger partial charge on any atom is 0.0747 e. The third kappa shape index (κ3) is 4.85. The molecule has 0 saturated carbocycles. The van der Waals surface area contributed by atoms with E-state index in [1.54, 1.807) is 6.20 Å². The van der Waals surface area contributed by atoms with E-state index < -0.39 is 8.07 Å². The summed E-state index contributed by atoms with van der Waals surface area (Å²) >= 11 is 0. The van der Waals surface area contributed by atoms with Crippen LogP contribution in [0.15, 0.2) is 12.4 Å². The summed E-state index contributed by atoms with van der Waals surface area (Å²) in [7, 11) is -0.928. The van der Waals surface area contributed by atoms with Gasteiger partial charge >= 0.3 is 0 Å². The quantitative estimate of drug-likeness (QED) is 0.582. The van der Waals surface area contributed by atoms with Crippen LogP contribution in [0.1, 0.15) is 5.56 Å². The Morgan fingerprint density at radius 2 is 2.23 bits per heavy atom. The van der Waals surface area contributed by atoms with Gasteiger partial charge in [0.2, 0.25) is 0 Å². The molecule has 1 N–H and O–H groups in total. The molecular weight excluding hydrogens is 180 g/mol. The highest BCUT2D eigenvalue weighted by atomic mass is 28.3. The van der Waals surface area contributed by atoms with Crippen molar-refractivity contribution in [1.82, 2.24) is 10.2 Å². The van der Waals surface area contributed by atoms with E-state index in [4.69, 9.17) is 4.74 Å². The molecule has 13 heavy (non-hydrogen) atoms. The summed E-state index contributed by atoms with van der Waals surface area (Å²) in [6.07, 6.45) is 3.67. The van der Waals surface area contributed by atoms with Crippen molar-refractivity contribution >= 4 is 8.07 Å². The molecule has 0 aliphatic heterocycles. The number of aromatic amines is 1. The Hall–Kier alpha value is -0.613. The maximum atomic E-state index is 5.53. The van der Waals surface area contributed by atoms with E-state index in [-0.39, 0.29) is 0 Å². The lowest BCUT2D eigenvalue weighted by atomic mass is 10.4. The lowest BCUT2D eigenvalue weighted by Gasteiger charge is -2.14. The normalized spacial score (nSPS) is 11.9. The second kappa shape index (κ2) is 4.57. The Kier molecular flexibility index (Phi) is 3.68. The predicted molar refractivity (Wildman–Crippen MR) is 56.4 cm³/mol. The highest BCUT2D eigenvalue weighted by Crippen LogP contribution is 2.08. The summed E-state index contributed by atoms with van der Waals surface area (Å²) < 4.78 is 5.53. The first-order valence-electron chi connectivity index (χ1n) is 4.63. The fourth-order valence-corrected chi connectivity index (χ4v) is 1.68. The number of nitrogens with one attached hydrogen (secondary N) is 1. The average Bonchev–Trinajstić information content (AvgIpc) is 2.48. The summed E-state index contributed by atoms with van der Waals surface area (Å²) in [5.41, 5.74) is 1.12. The molecule has 3 nitrogen and oxygen atoms in total. The number of H-pyrrole nitrogens is 1. The summed E-state index contributed by atoms with van der Waals surface area (Å²) in [5, 5.41) is 6.62. The Labute approximate surface area is 80.5 Å². The van der Waals surface area contributed by atoms with Gasteiger partial charge in [0.1, 0.15) is 0 Å². The molecule has 1 rings (SSSR count). The first-order chi connectivity index (χ1) is 6.08. The number of rotatable bonds is 5. The minimum atomic E-state index is -0.928. The van der Waals surface area contributed by atoms with E-state index in [0.29, 0.717) is 6.61 Å². The number of ether oxygens (including phenoxy) is 1. The van der Waals surface area contributed by atoms with Crippen LogP contribution >= 0.6 is 0 Å². The van der Waals surface area contributed by atoms with Gasteiger partial charge in [-0.15, -0.1) is 0 Å². The monoisotopic (exact) mass is 198 g/mol. The molecule has 0 saturated heterocycles. The van der Waals surface area contributed by atoms with Crippen LogP contribution in [0, 0.1) is 0 Å². The van der Waals surface area contributed by atoms with Crippen LogP contribution in [-0.4, -0.2) is 24.9 Å². The standard InChI is InChI=1S/C9H18N2OSi/c1-13(2,3)5-4-12-8-9-6-10-11-7-9/h6-7H,4-5,8H2,1-3H3,(H,10,11). The van der Waals surface area contributed by atoms with Crippen molar-refractivity contribution in [3.8, 4) is 0 Å². The van der Waals surface area contributed by atoms with Gasteiger partial charge in [0.05, 0.1) is 12.8 Å². The van der Waals surface area contributed by atoms with E-state index in [1.165, 1.54) is 6.04 Å². The Morgan fingerprint density at radius 1 is 1.46 bits per heavy atom. The van der Waals surface area contributed by atoms with Crippen LogP contribution < -0.4 is 0 Å².